The number of rotatable bonds is 7. The molecular weight excluding hydrogens is 292 g/mol. The zero-order chi connectivity index (χ0) is 15.5. The summed E-state index contributed by atoms with van der Waals surface area (Å²) in [6.07, 6.45) is -1.62. The first kappa shape index (κ1) is 15.3. The average molecular weight is 306 g/mol. The van der Waals surface area contributed by atoms with Crippen LogP contribution in [0.3, 0.4) is 0 Å². The molecule has 6 nitrogen and oxygen atoms in total. The fourth-order valence-electron chi connectivity index (χ4n) is 1.56. The quantitative estimate of drug-likeness (QED) is 0.685. The van der Waals surface area contributed by atoms with Gasteiger partial charge in [-0.15, -0.1) is 0 Å². The number of anilines is 2. The van der Waals surface area contributed by atoms with Gasteiger partial charge in [0.25, 0.3) is 0 Å². The van der Waals surface area contributed by atoms with Crippen LogP contribution in [0, 0.1) is 0 Å². The molecule has 2 rings (SSSR count). The van der Waals surface area contributed by atoms with Crippen molar-refractivity contribution in [3.05, 3.63) is 6.33 Å². The maximum Gasteiger partial charge on any atom is 0.324 e. The highest BCUT2D eigenvalue weighted by molar-refractivity contribution is 5.83. The number of fused-ring (bicyclic) bond motifs is 1. The predicted molar refractivity (Wildman–Crippen MR) is 69.9 cm³/mol. The first-order valence-corrected chi connectivity index (χ1v) is 6.29. The van der Waals surface area contributed by atoms with E-state index >= 15 is 0 Å². The standard InChI is InChI=1S/C11H14F4N6/c1-2-3-16-10-20-7(6-8(21-10)19-5-18-6)17-4-11(14,15)9(12)13/h5,9H,2-4H2,1H3,(H3,16,17,18,19,20,21). The van der Waals surface area contributed by atoms with E-state index in [4.69, 9.17) is 0 Å². The fourth-order valence-corrected chi connectivity index (χ4v) is 1.56. The van der Waals surface area contributed by atoms with E-state index < -0.39 is 18.9 Å². The third-order valence-corrected chi connectivity index (χ3v) is 2.63. The topological polar surface area (TPSA) is 78.5 Å². The summed E-state index contributed by atoms with van der Waals surface area (Å²) >= 11 is 0. The molecule has 21 heavy (non-hydrogen) atoms. The number of halogens is 4. The zero-order valence-corrected chi connectivity index (χ0v) is 11.1. The molecular formula is C11H14F4N6. The summed E-state index contributed by atoms with van der Waals surface area (Å²) in [6, 6.07) is 0. The van der Waals surface area contributed by atoms with Crippen molar-refractivity contribution in [2.24, 2.45) is 0 Å². The Labute approximate surface area is 117 Å². The Kier molecular flexibility index (Phi) is 4.43. The number of hydrogen-bond acceptors (Lipinski definition) is 5. The van der Waals surface area contributed by atoms with Gasteiger partial charge in [0.1, 0.15) is 5.52 Å². The van der Waals surface area contributed by atoms with Crippen LogP contribution >= 0.6 is 0 Å². The SMILES string of the molecule is CCCNc1nc(NCC(F)(F)C(F)F)c2[nH]cnc2n1. The Morgan fingerprint density at radius 3 is 2.71 bits per heavy atom. The second-order valence-corrected chi connectivity index (χ2v) is 4.34. The van der Waals surface area contributed by atoms with Crippen molar-refractivity contribution in [1.82, 2.24) is 19.9 Å². The van der Waals surface area contributed by atoms with Gasteiger partial charge in [0.2, 0.25) is 5.95 Å². The minimum absolute atomic E-state index is 0.00331. The molecule has 0 unspecified atom stereocenters. The number of nitrogens with zero attached hydrogens (tertiary/aromatic N) is 3. The largest absolute Gasteiger partial charge is 0.362 e. The van der Waals surface area contributed by atoms with Crippen molar-refractivity contribution in [3.63, 3.8) is 0 Å². The lowest BCUT2D eigenvalue weighted by Gasteiger charge is -2.16. The summed E-state index contributed by atoms with van der Waals surface area (Å²) in [6.45, 7) is 1.29. The maximum absolute atomic E-state index is 13.0. The molecule has 0 saturated heterocycles. The molecule has 2 aromatic heterocycles. The number of aromatic nitrogens is 4. The molecule has 2 heterocycles. The summed E-state index contributed by atoms with van der Waals surface area (Å²) in [7, 11) is 0. The highest BCUT2D eigenvalue weighted by atomic mass is 19.3. The smallest absolute Gasteiger partial charge is 0.324 e. The van der Waals surface area contributed by atoms with Gasteiger partial charge >= 0.3 is 12.3 Å². The Morgan fingerprint density at radius 1 is 1.29 bits per heavy atom. The van der Waals surface area contributed by atoms with E-state index in [0.717, 1.165) is 6.42 Å². The molecule has 3 N–H and O–H groups in total. The third-order valence-electron chi connectivity index (χ3n) is 2.63. The molecule has 0 radical (unpaired) electrons. The van der Waals surface area contributed by atoms with Crippen LogP contribution in [0.1, 0.15) is 13.3 Å². The van der Waals surface area contributed by atoms with Crippen molar-refractivity contribution >= 4 is 22.9 Å². The number of aromatic amines is 1. The summed E-state index contributed by atoms with van der Waals surface area (Å²) in [5.74, 6) is -3.95. The maximum atomic E-state index is 13.0. The van der Waals surface area contributed by atoms with Gasteiger partial charge in [-0.3, -0.25) is 0 Å². The summed E-state index contributed by atoms with van der Waals surface area (Å²) in [5.41, 5.74) is 0.536. The van der Waals surface area contributed by atoms with Crippen LogP contribution < -0.4 is 10.6 Å². The minimum atomic E-state index is -4.14. The van der Waals surface area contributed by atoms with Crippen LogP contribution in [0.5, 0.6) is 0 Å². The van der Waals surface area contributed by atoms with E-state index in [1.807, 2.05) is 6.92 Å². The van der Waals surface area contributed by atoms with Crippen molar-refractivity contribution in [2.75, 3.05) is 23.7 Å². The number of nitrogens with one attached hydrogen (secondary N) is 3. The normalized spacial score (nSPS) is 12.1. The van der Waals surface area contributed by atoms with Crippen LogP contribution in [-0.2, 0) is 0 Å². The molecule has 0 saturated carbocycles. The van der Waals surface area contributed by atoms with Gasteiger partial charge in [0.05, 0.1) is 12.9 Å². The molecule has 10 heteroatoms. The molecule has 0 aliphatic heterocycles. The monoisotopic (exact) mass is 306 g/mol. The second kappa shape index (κ2) is 6.10. The van der Waals surface area contributed by atoms with Crippen molar-refractivity contribution in [3.8, 4) is 0 Å². The molecule has 0 fully saturated rings. The van der Waals surface area contributed by atoms with E-state index in [9.17, 15) is 17.6 Å². The van der Waals surface area contributed by atoms with E-state index in [1.54, 1.807) is 0 Å². The van der Waals surface area contributed by atoms with Gasteiger partial charge < -0.3 is 15.6 Å². The van der Waals surface area contributed by atoms with Crippen LogP contribution in [0.15, 0.2) is 6.33 Å². The number of H-pyrrole nitrogens is 1. The number of hydrogen-bond donors (Lipinski definition) is 3. The number of imidazole rings is 1. The molecule has 0 bridgehead atoms. The summed E-state index contributed by atoms with van der Waals surface area (Å²) in [5, 5.41) is 5.10. The lowest BCUT2D eigenvalue weighted by Crippen LogP contribution is -2.35. The Balaban J connectivity index is 2.22. The minimum Gasteiger partial charge on any atom is -0.362 e. The highest BCUT2D eigenvalue weighted by Gasteiger charge is 2.40. The second-order valence-electron chi connectivity index (χ2n) is 4.34. The molecule has 0 atom stereocenters. The molecule has 2 aromatic rings. The lowest BCUT2D eigenvalue weighted by atomic mass is 10.3. The molecule has 0 spiro atoms. The Hall–Kier alpha value is -2.13. The third kappa shape index (κ3) is 3.50. The average Bonchev–Trinajstić information content (AvgIpc) is 2.90. The molecule has 0 aliphatic rings. The van der Waals surface area contributed by atoms with Crippen molar-refractivity contribution in [1.29, 1.82) is 0 Å². The van der Waals surface area contributed by atoms with Gasteiger partial charge in [0, 0.05) is 6.54 Å². The van der Waals surface area contributed by atoms with Gasteiger partial charge in [-0.2, -0.15) is 18.7 Å². The molecule has 0 aromatic carbocycles. The lowest BCUT2D eigenvalue weighted by molar-refractivity contribution is -0.117. The van der Waals surface area contributed by atoms with Gasteiger partial charge in [-0.1, -0.05) is 6.92 Å². The number of alkyl halides is 4. The summed E-state index contributed by atoms with van der Waals surface area (Å²) < 4.78 is 50.2. The summed E-state index contributed by atoms with van der Waals surface area (Å²) in [4.78, 5) is 14.6. The van der Waals surface area contributed by atoms with Crippen LogP contribution in [0.4, 0.5) is 29.3 Å². The molecule has 0 amide bonds. The molecule has 0 aliphatic carbocycles. The Morgan fingerprint density at radius 2 is 2.05 bits per heavy atom. The highest BCUT2D eigenvalue weighted by Crippen LogP contribution is 2.25. The van der Waals surface area contributed by atoms with Gasteiger partial charge in [-0.05, 0) is 6.42 Å². The van der Waals surface area contributed by atoms with Crippen LogP contribution in [0.25, 0.3) is 11.2 Å². The van der Waals surface area contributed by atoms with E-state index in [-0.39, 0.29) is 22.9 Å². The fraction of sp³-hybridized carbons (Fsp3) is 0.545. The first-order chi connectivity index (χ1) is 9.94. The van der Waals surface area contributed by atoms with Crippen molar-refractivity contribution < 1.29 is 17.6 Å². The predicted octanol–water partition coefficient (Wildman–Crippen LogP) is 2.49. The van der Waals surface area contributed by atoms with Crippen molar-refractivity contribution in [2.45, 2.75) is 25.7 Å². The van der Waals surface area contributed by atoms with Gasteiger partial charge in [0.15, 0.2) is 11.5 Å². The van der Waals surface area contributed by atoms with E-state index in [2.05, 4.69) is 30.6 Å². The Bertz CT molecular complexity index is 599. The van der Waals surface area contributed by atoms with E-state index in [0.29, 0.717) is 6.54 Å². The zero-order valence-electron chi connectivity index (χ0n) is 11.1. The van der Waals surface area contributed by atoms with Gasteiger partial charge in [-0.25, -0.2) is 13.8 Å². The van der Waals surface area contributed by atoms with Crippen LogP contribution in [-0.4, -0.2) is 45.4 Å². The van der Waals surface area contributed by atoms with Crippen LogP contribution in [0.2, 0.25) is 0 Å². The first-order valence-electron chi connectivity index (χ1n) is 6.29. The van der Waals surface area contributed by atoms with E-state index in [1.165, 1.54) is 6.33 Å². The molecule has 116 valence electrons.